The fourth-order valence-electron chi connectivity index (χ4n) is 2.11. The van der Waals surface area contributed by atoms with Gasteiger partial charge in [0.15, 0.2) is 0 Å². The summed E-state index contributed by atoms with van der Waals surface area (Å²) >= 11 is 5.71. The minimum absolute atomic E-state index is 0.0262. The molecular weight excluding hydrogens is 250 g/mol. The lowest BCUT2D eigenvalue weighted by molar-refractivity contribution is 0.0935. The summed E-state index contributed by atoms with van der Waals surface area (Å²) in [7, 11) is 0. The van der Waals surface area contributed by atoms with Gasteiger partial charge < -0.3 is 10.1 Å². The number of alkyl halides is 1. The third-order valence-electron chi connectivity index (χ3n) is 3.24. The van der Waals surface area contributed by atoms with E-state index < -0.39 is 0 Å². The molecule has 0 saturated carbocycles. The van der Waals surface area contributed by atoms with Gasteiger partial charge in [0, 0.05) is 23.9 Å². The molecule has 0 fully saturated rings. The number of rotatable bonds is 5. The van der Waals surface area contributed by atoms with E-state index in [-0.39, 0.29) is 11.9 Å². The molecule has 1 heterocycles. The Kier molecular flexibility index (Phi) is 4.48. The van der Waals surface area contributed by atoms with Gasteiger partial charge in [-0.2, -0.15) is 0 Å². The Balaban J connectivity index is 2.04. The van der Waals surface area contributed by atoms with E-state index in [4.69, 9.17) is 16.3 Å². The lowest BCUT2D eigenvalue weighted by Crippen LogP contribution is -2.34. The van der Waals surface area contributed by atoms with Crippen LogP contribution in [0.4, 0.5) is 0 Å². The molecule has 0 aliphatic carbocycles. The zero-order valence-corrected chi connectivity index (χ0v) is 11.3. The molecule has 98 valence electrons. The Hall–Kier alpha value is -1.22. The van der Waals surface area contributed by atoms with Crippen molar-refractivity contribution in [3.63, 3.8) is 0 Å². The molecule has 1 unspecified atom stereocenters. The summed E-state index contributed by atoms with van der Waals surface area (Å²) in [5.41, 5.74) is 1.82. The lowest BCUT2D eigenvalue weighted by Gasteiger charge is -2.15. The van der Waals surface area contributed by atoms with E-state index in [9.17, 15) is 4.79 Å². The highest BCUT2D eigenvalue weighted by Crippen LogP contribution is 2.25. The first-order valence-electron chi connectivity index (χ1n) is 6.37. The van der Waals surface area contributed by atoms with Crippen molar-refractivity contribution in [3.05, 3.63) is 29.3 Å². The second-order valence-corrected chi connectivity index (χ2v) is 4.86. The molecule has 3 nitrogen and oxygen atoms in total. The van der Waals surface area contributed by atoms with Crippen LogP contribution in [-0.4, -0.2) is 24.4 Å². The maximum atomic E-state index is 12.1. The Morgan fingerprint density at radius 2 is 2.39 bits per heavy atom. The minimum atomic E-state index is -0.0262. The fraction of sp³-hybridized carbons (Fsp3) is 0.500. The van der Waals surface area contributed by atoms with Gasteiger partial charge in [-0.05, 0) is 36.6 Å². The van der Waals surface area contributed by atoms with E-state index >= 15 is 0 Å². The molecule has 0 radical (unpaired) electrons. The smallest absolute Gasteiger partial charge is 0.251 e. The Bertz CT molecular complexity index is 434. The van der Waals surface area contributed by atoms with Gasteiger partial charge >= 0.3 is 0 Å². The van der Waals surface area contributed by atoms with Crippen molar-refractivity contribution in [3.8, 4) is 5.75 Å². The van der Waals surface area contributed by atoms with E-state index in [2.05, 4.69) is 5.32 Å². The van der Waals surface area contributed by atoms with Crippen molar-refractivity contribution in [2.24, 2.45) is 0 Å². The topological polar surface area (TPSA) is 38.3 Å². The van der Waals surface area contributed by atoms with Crippen molar-refractivity contribution in [1.29, 1.82) is 0 Å². The van der Waals surface area contributed by atoms with Crippen LogP contribution in [-0.2, 0) is 6.42 Å². The summed E-state index contributed by atoms with van der Waals surface area (Å²) in [5.74, 6) is 1.44. The standard InChI is InChI=1S/C14H18ClNO2/c1-2-12(5-7-15)16-14(17)11-3-4-13-10(9-11)6-8-18-13/h3-4,9,12H,2,5-8H2,1H3,(H,16,17). The van der Waals surface area contributed by atoms with Crippen LogP contribution in [0, 0.1) is 0 Å². The molecule has 0 saturated heterocycles. The molecule has 18 heavy (non-hydrogen) atoms. The highest BCUT2D eigenvalue weighted by Gasteiger charge is 2.16. The Morgan fingerprint density at radius 3 is 3.11 bits per heavy atom. The SMILES string of the molecule is CCC(CCCl)NC(=O)c1ccc2c(c1)CCO2. The van der Waals surface area contributed by atoms with Gasteiger partial charge in [-0.25, -0.2) is 0 Å². The maximum Gasteiger partial charge on any atom is 0.251 e. The molecule has 0 aromatic heterocycles. The predicted octanol–water partition coefficient (Wildman–Crippen LogP) is 2.76. The van der Waals surface area contributed by atoms with Gasteiger partial charge in [-0.3, -0.25) is 4.79 Å². The van der Waals surface area contributed by atoms with Gasteiger partial charge in [0.1, 0.15) is 5.75 Å². The van der Waals surface area contributed by atoms with Gasteiger partial charge in [0.2, 0.25) is 0 Å². The van der Waals surface area contributed by atoms with E-state index in [1.165, 1.54) is 0 Å². The van der Waals surface area contributed by atoms with Gasteiger partial charge in [-0.15, -0.1) is 11.6 Å². The molecule has 2 rings (SSSR count). The summed E-state index contributed by atoms with van der Waals surface area (Å²) < 4.78 is 5.42. The van der Waals surface area contributed by atoms with Crippen molar-refractivity contribution in [1.82, 2.24) is 5.32 Å². The van der Waals surface area contributed by atoms with Crippen molar-refractivity contribution in [2.45, 2.75) is 32.2 Å². The molecule has 1 aromatic carbocycles. The molecule has 1 aromatic rings. The first-order chi connectivity index (χ1) is 8.74. The highest BCUT2D eigenvalue weighted by atomic mass is 35.5. The van der Waals surface area contributed by atoms with Crippen LogP contribution in [0.5, 0.6) is 5.75 Å². The van der Waals surface area contributed by atoms with E-state index in [0.717, 1.165) is 30.6 Å². The maximum absolute atomic E-state index is 12.1. The summed E-state index contributed by atoms with van der Waals surface area (Å²) in [6.07, 6.45) is 2.58. The van der Waals surface area contributed by atoms with E-state index in [0.29, 0.717) is 18.1 Å². The number of benzene rings is 1. The number of halogens is 1. The largest absolute Gasteiger partial charge is 0.493 e. The number of fused-ring (bicyclic) bond motifs is 1. The van der Waals surface area contributed by atoms with Crippen LogP contribution in [0.1, 0.15) is 35.7 Å². The average Bonchev–Trinajstić information content (AvgIpc) is 2.85. The normalized spacial score (nSPS) is 14.8. The lowest BCUT2D eigenvalue weighted by atomic mass is 10.1. The number of hydrogen-bond donors (Lipinski definition) is 1. The zero-order valence-electron chi connectivity index (χ0n) is 10.5. The molecule has 1 amide bonds. The third-order valence-corrected chi connectivity index (χ3v) is 3.46. The molecule has 4 heteroatoms. The van der Waals surface area contributed by atoms with Crippen LogP contribution >= 0.6 is 11.6 Å². The summed E-state index contributed by atoms with van der Waals surface area (Å²) in [6, 6.07) is 5.76. The van der Waals surface area contributed by atoms with Crippen molar-refractivity contribution < 1.29 is 9.53 Å². The first-order valence-corrected chi connectivity index (χ1v) is 6.90. The molecule has 0 spiro atoms. The average molecular weight is 268 g/mol. The van der Waals surface area contributed by atoms with E-state index in [1.807, 2.05) is 25.1 Å². The van der Waals surface area contributed by atoms with Crippen LogP contribution in [0.25, 0.3) is 0 Å². The molecule has 1 N–H and O–H groups in total. The number of nitrogens with one attached hydrogen (secondary N) is 1. The summed E-state index contributed by atoms with van der Waals surface area (Å²) in [5, 5.41) is 3.01. The molecule has 0 bridgehead atoms. The van der Waals surface area contributed by atoms with Crippen LogP contribution in [0.3, 0.4) is 0 Å². The van der Waals surface area contributed by atoms with Crippen LogP contribution in [0.2, 0.25) is 0 Å². The van der Waals surface area contributed by atoms with Gasteiger partial charge in [0.25, 0.3) is 5.91 Å². The third kappa shape index (κ3) is 2.96. The van der Waals surface area contributed by atoms with Crippen LogP contribution < -0.4 is 10.1 Å². The monoisotopic (exact) mass is 267 g/mol. The predicted molar refractivity (Wildman–Crippen MR) is 72.5 cm³/mol. The first kappa shape index (κ1) is 13.2. The minimum Gasteiger partial charge on any atom is -0.493 e. The van der Waals surface area contributed by atoms with Crippen LogP contribution in [0.15, 0.2) is 18.2 Å². The Morgan fingerprint density at radius 1 is 1.56 bits per heavy atom. The van der Waals surface area contributed by atoms with Crippen molar-refractivity contribution >= 4 is 17.5 Å². The second-order valence-electron chi connectivity index (χ2n) is 4.48. The summed E-state index contributed by atoms with van der Waals surface area (Å²) in [4.78, 5) is 12.1. The zero-order chi connectivity index (χ0) is 13.0. The number of carbonyl (C=O) groups excluding carboxylic acids is 1. The van der Waals surface area contributed by atoms with Gasteiger partial charge in [-0.1, -0.05) is 6.92 Å². The van der Waals surface area contributed by atoms with Crippen molar-refractivity contribution in [2.75, 3.05) is 12.5 Å². The number of amides is 1. The number of hydrogen-bond acceptors (Lipinski definition) is 2. The highest BCUT2D eigenvalue weighted by molar-refractivity contribution is 6.17. The fourth-order valence-corrected chi connectivity index (χ4v) is 2.37. The molecule has 1 aliphatic heterocycles. The van der Waals surface area contributed by atoms with Gasteiger partial charge in [0.05, 0.1) is 6.61 Å². The molecular formula is C14H18ClNO2. The Labute approximate surface area is 112 Å². The second kappa shape index (κ2) is 6.10. The molecule has 1 aliphatic rings. The summed E-state index contributed by atoms with van der Waals surface area (Å²) in [6.45, 7) is 2.76. The molecule has 1 atom stereocenters. The van der Waals surface area contributed by atoms with E-state index in [1.54, 1.807) is 0 Å². The number of carbonyl (C=O) groups is 1. The quantitative estimate of drug-likeness (QED) is 0.833. The number of ether oxygens (including phenoxy) is 1.